The largest absolute Gasteiger partial charge is 0.457 e. The van der Waals surface area contributed by atoms with Crippen molar-refractivity contribution in [1.29, 1.82) is 0 Å². The number of nitrogens with one attached hydrogen (secondary N) is 1. The predicted molar refractivity (Wildman–Crippen MR) is 126 cm³/mol. The molecule has 1 saturated heterocycles. The number of likely N-dealkylation sites (tertiary alicyclic amines) is 1. The van der Waals surface area contributed by atoms with Gasteiger partial charge in [0.1, 0.15) is 29.5 Å². The maximum Gasteiger partial charge on any atom is 0.245 e. The molecular weight excluding hydrogens is 402 g/mol. The Morgan fingerprint density at radius 3 is 2.66 bits per heavy atom. The maximum atomic E-state index is 11.8. The van der Waals surface area contributed by atoms with Gasteiger partial charge in [-0.25, -0.2) is 9.97 Å². The van der Waals surface area contributed by atoms with Crippen LogP contribution in [0.4, 0.5) is 11.6 Å². The first-order chi connectivity index (χ1) is 15.6. The van der Waals surface area contributed by atoms with Crippen LogP contribution in [0.3, 0.4) is 0 Å². The number of carbonyl (C=O) groups excluding carboxylic acids is 1. The van der Waals surface area contributed by atoms with Crippen LogP contribution in [0.1, 0.15) is 12.8 Å². The van der Waals surface area contributed by atoms with Crippen LogP contribution in [-0.4, -0.2) is 40.4 Å². The first-order valence-corrected chi connectivity index (χ1v) is 10.7. The summed E-state index contributed by atoms with van der Waals surface area (Å²) < 4.78 is 5.87. The number of amides is 1. The lowest BCUT2D eigenvalue weighted by atomic mass is 10.0. The van der Waals surface area contributed by atoms with Gasteiger partial charge in [0.15, 0.2) is 0 Å². The Labute approximate surface area is 187 Å². The Morgan fingerprint density at radius 1 is 1.16 bits per heavy atom. The molecule has 7 heteroatoms. The second-order valence-corrected chi connectivity index (χ2v) is 7.78. The topological polar surface area (TPSA) is 93.4 Å². The molecule has 1 aromatic heterocycles. The quantitative estimate of drug-likeness (QED) is 0.517. The molecule has 1 fully saturated rings. The Bertz CT molecular complexity index is 1070. The van der Waals surface area contributed by atoms with Crippen LogP contribution in [0.2, 0.25) is 0 Å². The number of rotatable bonds is 8. The van der Waals surface area contributed by atoms with E-state index in [1.54, 1.807) is 0 Å². The molecule has 0 bridgehead atoms. The summed E-state index contributed by atoms with van der Waals surface area (Å²) in [6.45, 7) is 5.87. The number of nitrogens with two attached hydrogens (primary N) is 1. The molecule has 0 saturated carbocycles. The van der Waals surface area contributed by atoms with Crippen molar-refractivity contribution in [3.8, 4) is 22.6 Å². The molecular formula is C25H27N5O2. The Balaban J connectivity index is 1.41. The molecule has 3 aromatic rings. The number of hydrogen-bond acceptors (Lipinski definition) is 6. The zero-order chi connectivity index (χ0) is 22.3. The first kappa shape index (κ1) is 21.4. The number of hydrogen-bond donors (Lipinski definition) is 2. The van der Waals surface area contributed by atoms with Gasteiger partial charge in [-0.1, -0.05) is 36.9 Å². The molecule has 4 rings (SSSR count). The molecule has 1 aliphatic heterocycles. The van der Waals surface area contributed by atoms with E-state index in [4.69, 9.17) is 10.5 Å². The van der Waals surface area contributed by atoms with E-state index in [0.717, 1.165) is 55.1 Å². The molecule has 164 valence electrons. The Hall–Kier alpha value is -3.87. The van der Waals surface area contributed by atoms with Gasteiger partial charge in [0, 0.05) is 19.6 Å². The fourth-order valence-corrected chi connectivity index (χ4v) is 3.92. The SMILES string of the molecule is C=CC(=O)N1CC[C@@H](CCNc2ncnc(N)c2-c2ccc(Oc3ccccc3)cc2)C1. The van der Waals surface area contributed by atoms with Gasteiger partial charge in [0.05, 0.1) is 5.56 Å². The normalized spacial score (nSPS) is 15.4. The van der Waals surface area contributed by atoms with Crippen LogP contribution >= 0.6 is 0 Å². The average Bonchev–Trinajstić information content (AvgIpc) is 3.29. The van der Waals surface area contributed by atoms with Gasteiger partial charge < -0.3 is 20.7 Å². The Morgan fingerprint density at radius 2 is 1.91 bits per heavy atom. The molecule has 32 heavy (non-hydrogen) atoms. The number of carbonyl (C=O) groups is 1. The minimum atomic E-state index is 0.00556. The van der Waals surface area contributed by atoms with E-state index in [2.05, 4.69) is 21.9 Å². The van der Waals surface area contributed by atoms with E-state index in [1.807, 2.05) is 59.5 Å². The van der Waals surface area contributed by atoms with Gasteiger partial charge >= 0.3 is 0 Å². The third-order valence-corrected chi connectivity index (χ3v) is 5.62. The fraction of sp³-hybridized carbons (Fsp3) is 0.240. The third kappa shape index (κ3) is 5.06. The second kappa shape index (κ2) is 9.96. The second-order valence-electron chi connectivity index (χ2n) is 7.78. The lowest BCUT2D eigenvalue weighted by molar-refractivity contribution is -0.125. The molecule has 7 nitrogen and oxygen atoms in total. The highest BCUT2D eigenvalue weighted by Gasteiger charge is 2.24. The van der Waals surface area contributed by atoms with Crippen molar-refractivity contribution in [1.82, 2.24) is 14.9 Å². The zero-order valence-corrected chi connectivity index (χ0v) is 17.9. The summed E-state index contributed by atoms with van der Waals surface area (Å²) in [4.78, 5) is 22.2. The van der Waals surface area contributed by atoms with Crippen molar-refractivity contribution in [2.24, 2.45) is 5.92 Å². The lowest BCUT2D eigenvalue weighted by Crippen LogP contribution is -2.26. The summed E-state index contributed by atoms with van der Waals surface area (Å²) in [7, 11) is 0. The predicted octanol–water partition coefficient (Wildman–Crippen LogP) is 4.35. The van der Waals surface area contributed by atoms with Crippen molar-refractivity contribution in [3.05, 3.63) is 73.6 Å². The van der Waals surface area contributed by atoms with E-state index in [9.17, 15) is 4.79 Å². The monoisotopic (exact) mass is 429 g/mol. The molecule has 1 atom stereocenters. The smallest absolute Gasteiger partial charge is 0.245 e. The molecule has 2 heterocycles. The van der Waals surface area contributed by atoms with Crippen molar-refractivity contribution in [2.75, 3.05) is 30.7 Å². The minimum absolute atomic E-state index is 0.00556. The number of para-hydroxylation sites is 1. The van der Waals surface area contributed by atoms with E-state index in [0.29, 0.717) is 17.6 Å². The van der Waals surface area contributed by atoms with E-state index < -0.39 is 0 Å². The van der Waals surface area contributed by atoms with Gasteiger partial charge in [-0.2, -0.15) is 0 Å². The van der Waals surface area contributed by atoms with E-state index >= 15 is 0 Å². The molecule has 0 radical (unpaired) electrons. The van der Waals surface area contributed by atoms with Gasteiger partial charge in [0.2, 0.25) is 5.91 Å². The number of benzene rings is 2. The highest BCUT2D eigenvalue weighted by molar-refractivity contribution is 5.87. The molecule has 1 amide bonds. The summed E-state index contributed by atoms with van der Waals surface area (Å²) >= 11 is 0. The van der Waals surface area contributed by atoms with Crippen LogP contribution in [0.25, 0.3) is 11.1 Å². The fourth-order valence-electron chi connectivity index (χ4n) is 3.92. The van der Waals surface area contributed by atoms with Crippen LogP contribution in [-0.2, 0) is 4.79 Å². The number of ether oxygens (including phenoxy) is 1. The summed E-state index contributed by atoms with van der Waals surface area (Å²) in [5, 5.41) is 3.41. The summed E-state index contributed by atoms with van der Waals surface area (Å²) in [5.41, 5.74) is 7.88. The van der Waals surface area contributed by atoms with Crippen LogP contribution < -0.4 is 15.8 Å². The molecule has 0 spiro atoms. The summed E-state index contributed by atoms with van der Waals surface area (Å²) in [5.74, 6) is 3.11. The standard InChI is InChI=1S/C25H27N5O2/c1-2-22(31)30-15-13-18(16-30)12-14-27-25-23(24(26)28-17-29-25)19-8-10-21(11-9-19)32-20-6-4-3-5-7-20/h2-11,17-18H,1,12-16H2,(H3,26,27,28,29)/t18-/m1/s1. The lowest BCUT2D eigenvalue weighted by Gasteiger charge is -2.16. The third-order valence-electron chi connectivity index (χ3n) is 5.62. The van der Waals surface area contributed by atoms with Crippen molar-refractivity contribution in [2.45, 2.75) is 12.8 Å². The minimum Gasteiger partial charge on any atom is -0.457 e. The zero-order valence-electron chi connectivity index (χ0n) is 17.9. The van der Waals surface area contributed by atoms with Gasteiger partial charge in [0.25, 0.3) is 0 Å². The molecule has 2 aromatic carbocycles. The van der Waals surface area contributed by atoms with E-state index in [-0.39, 0.29) is 5.91 Å². The summed E-state index contributed by atoms with van der Waals surface area (Å²) in [6, 6.07) is 17.4. The highest BCUT2D eigenvalue weighted by atomic mass is 16.5. The van der Waals surface area contributed by atoms with Crippen LogP contribution in [0.15, 0.2) is 73.6 Å². The van der Waals surface area contributed by atoms with Crippen molar-refractivity contribution in [3.63, 3.8) is 0 Å². The van der Waals surface area contributed by atoms with Gasteiger partial charge in [-0.3, -0.25) is 4.79 Å². The maximum absolute atomic E-state index is 11.8. The number of anilines is 2. The molecule has 0 unspecified atom stereocenters. The van der Waals surface area contributed by atoms with E-state index in [1.165, 1.54) is 12.4 Å². The van der Waals surface area contributed by atoms with Gasteiger partial charge in [-0.05, 0) is 54.7 Å². The van der Waals surface area contributed by atoms with Gasteiger partial charge in [-0.15, -0.1) is 0 Å². The number of nitrogen functional groups attached to an aromatic ring is 1. The molecule has 3 N–H and O–H groups in total. The van der Waals surface area contributed by atoms with Crippen molar-refractivity contribution >= 4 is 17.5 Å². The molecule has 1 aliphatic rings. The summed E-state index contributed by atoms with van der Waals surface area (Å²) in [6.07, 6.45) is 4.79. The average molecular weight is 430 g/mol. The van der Waals surface area contributed by atoms with Crippen LogP contribution in [0.5, 0.6) is 11.5 Å². The van der Waals surface area contributed by atoms with Crippen LogP contribution in [0, 0.1) is 5.92 Å². The first-order valence-electron chi connectivity index (χ1n) is 10.7. The van der Waals surface area contributed by atoms with Crippen molar-refractivity contribution < 1.29 is 9.53 Å². The highest BCUT2D eigenvalue weighted by Crippen LogP contribution is 2.33. The number of aromatic nitrogens is 2. The Kier molecular flexibility index (Phi) is 6.65. The number of nitrogens with zero attached hydrogens (tertiary/aromatic N) is 3. The molecule has 0 aliphatic carbocycles.